The lowest BCUT2D eigenvalue weighted by Gasteiger charge is -2.19. The minimum atomic E-state index is -0.409. The van der Waals surface area contributed by atoms with Gasteiger partial charge in [-0.2, -0.15) is 0 Å². The topological polar surface area (TPSA) is 50.4 Å². The molecular weight excluding hydrogens is 300 g/mol. The van der Waals surface area contributed by atoms with E-state index >= 15 is 0 Å². The molecular formula is C17H27ClN2O2. The third-order valence-corrected chi connectivity index (χ3v) is 4.04. The molecule has 1 aliphatic heterocycles. The Balaban J connectivity index is 0.00000242. The van der Waals surface area contributed by atoms with Crippen molar-refractivity contribution in [1.82, 2.24) is 10.6 Å². The van der Waals surface area contributed by atoms with Gasteiger partial charge in [0.25, 0.3) is 5.91 Å². The summed E-state index contributed by atoms with van der Waals surface area (Å²) in [5, 5.41) is 6.35. The fraction of sp³-hybridized carbons (Fsp3) is 0.588. The lowest BCUT2D eigenvalue weighted by atomic mass is 10.1. The summed E-state index contributed by atoms with van der Waals surface area (Å²) in [4.78, 5) is 12.2. The molecule has 2 atom stereocenters. The molecule has 4 nitrogen and oxygen atoms in total. The molecule has 0 saturated carbocycles. The molecule has 0 radical (unpaired) electrons. The number of amides is 1. The van der Waals surface area contributed by atoms with Gasteiger partial charge in [-0.3, -0.25) is 4.79 Å². The largest absolute Gasteiger partial charge is 0.480 e. The van der Waals surface area contributed by atoms with Crippen molar-refractivity contribution in [3.05, 3.63) is 29.8 Å². The van der Waals surface area contributed by atoms with Gasteiger partial charge >= 0.3 is 0 Å². The Kier molecular flexibility index (Phi) is 8.28. The number of hydrogen-bond acceptors (Lipinski definition) is 3. The Labute approximate surface area is 139 Å². The SMILES string of the molecule is CCC(Oc1ccccc1C)C(=O)NCCC1CCNC1.Cl. The molecule has 2 unspecified atom stereocenters. The molecule has 2 N–H and O–H groups in total. The molecule has 1 aromatic carbocycles. The first kappa shape index (κ1) is 18.8. The summed E-state index contributed by atoms with van der Waals surface area (Å²) in [6.07, 6.45) is 2.52. The maximum absolute atomic E-state index is 12.2. The quantitative estimate of drug-likeness (QED) is 0.810. The van der Waals surface area contributed by atoms with Crippen molar-refractivity contribution in [3.8, 4) is 5.75 Å². The highest BCUT2D eigenvalue weighted by molar-refractivity contribution is 5.85. The Bertz CT molecular complexity index is 462. The van der Waals surface area contributed by atoms with Crippen LogP contribution < -0.4 is 15.4 Å². The summed E-state index contributed by atoms with van der Waals surface area (Å²) < 4.78 is 5.85. The van der Waals surface area contributed by atoms with E-state index < -0.39 is 6.10 Å². The van der Waals surface area contributed by atoms with Crippen LogP contribution in [0.15, 0.2) is 24.3 Å². The Hall–Kier alpha value is -1.26. The van der Waals surface area contributed by atoms with Gasteiger partial charge < -0.3 is 15.4 Å². The van der Waals surface area contributed by atoms with Crippen LogP contribution in [0.5, 0.6) is 5.75 Å². The van der Waals surface area contributed by atoms with Crippen LogP contribution in [-0.4, -0.2) is 31.6 Å². The van der Waals surface area contributed by atoms with E-state index in [2.05, 4.69) is 10.6 Å². The van der Waals surface area contributed by atoms with E-state index in [0.717, 1.165) is 37.4 Å². The van der Waals surface area contributed by atoms with Gasteiger partial charge in [-0.15, -0.1) is 12.4 Å². The van der Waals surface area contributed by atoms with Crippen molar-refractivity contribution in [2.24, 2.45) is 5.92 Å². The standard InChI is InChI=1S/C17H26N2O2.ClH/c1-3-15(21-16-7-5-4-6-13(16)2)17(20)19-11-9-14-8-10-18-12-14;/h4-7,14-15,18H,3,8-12H2,1-2H3,(H,19,20);1H. The van der Waals surface area contributed by atoms with Gasteiger partial charge in [-0.05, 0) is 56.8 Å². The second kappa shape index (κ2) is 9.70. The first-order chi connectivity index (χ1) is 10.2. The number of aryl methyl sites for hydroxylation is 1. The molecule has 1 heterocycles. The molecule has 1 saturated heterocycles. The van der Waals surface area contributed by atoms with Crippen molar-refractivity contribution in [2.45, 2.75) is 39.2 Å². The number of halogens is 1. The second-order valence-electron chi connectivity index (χ2n) is 5.72. The summed E-state index contributed by atoms with van der Waals surface area (Å²) in [6, 6.07) is 7.81. The number of para-hydroxylation sites is 1. The van der Waals surface area contributed by atoms with Gasteiger partial charge in [0.15, 0.2) is 6.10 Å². The van der Waals surface area contributed by atoms with E-state index in [1.165, 1.54) is 6.42 Å². The minimum absolute atomic E-state index is 0. The summed E-state index contributed by atoms with van der Waals surface area (Å²) >= 11 is 0. The monoisotopic (exact) mass is 326 g/mol. The predicted octanol–water partition coefficient (Wildman–Crippen LogP) is 2.69. The normalized spacial score (nSPS) is 18.4. The van der Waals surface area contributed by atoms with Crippen LogP contribution in [0.4, 0.5) is 0 Å². The Morgan fingerprint density at radius 2 is 2.23 bits per heavy atom. The molecule has 1 amide bonds. The van der Waals surface area contributed by atoms with Crippen molar-refractivity contribution in [1.29, 1.82) is 0 Å². The van der Waals surface area contributed by atoms with E-state index in [1.54, 1.807) is 0 Å². The molecule has 22 heavy (non-hydrogen) atoms. The van der Waals surface area contributed by atoms with Crippen LogP contribution in [0.1, 0.15) is 31.7 Å². The molecule has 5 heteroatoms. The first-order valence-corrected chi connectivity index (χ1v) is 7.91. The van der Waals surface area contributed by atoms with E-state index in [9.17, 15) is 4.79 Å². The second-order valence-corrected chi connectivity index (χ2v) is 5.72. The van der Waals surface area contributed by atoms with Gasteiger partial charge in [0.05, 0.1) is 0 Å². The van der Waals surface area contributed by atoms with Crippen molar-refractivity contribution in [2.75, 3.05) is 19.6 Å². The maximum atomic E-state index is 12.2. The lowest BCUT2D eigenvalue weighted by Crippen LogP contribution is -2.39. The van der Waals surface area contributed by atoms with Crippen LogP contribution in [0.25, 0.3) is 0 Å². The fourth-order valence-electron chi connectivity index (χ4n) is 2.64. The molecule has 0 bridgehead atoms. The molecule has 1 fully saturated rings. The highest BCUT2D eigenvalue weighted by Crippen LogP contribution is 2.19. The maximum Gasteiger partial charge on any atom is 0.261 e. The zero-order valence-corrected chi connectivity index (χ0v) is 14.2. The summed E-state index contributed by atoms with van der Waals surface area (Å²) in [7, 11) is 0. The Morgan fingerprint density at radius 3 is 2.86 bits per heavy atom. The highest BCUT2D eigenvalue weighted by Gasteiger charge is 2.20. The van der Waals surface area contributed by atoms with Crippen molar-refractivity contribution in [3.63, 3.8) is 0 Å². The molecule has 1 aliphatic rings. The lowest BCUT2D eigenvalue weighted by molar-refractivity contribution is -0.128. The predicted molar refractivity (Wildman–Crippen MR) is 91.7 cm³/mol. The number of carbonyl (C=O) groups excluding carboxylic acids is 1. The number of ether oxygens (including phenoxy) is 1. The fourth-order valence-corrected chi connectivity index (χ4v) is 2.64. The zero-order chi connectivity index (χ0) is 15.1. The van der Waals surface area contributed by atoms with Gasteiger partial charge in [0.1, 0.15) is 5.75 Å². The van der Waals surface area contributed by atoms with E-state index in [1.807, 2.05) is 38.1 Å². The molecule has 2 rings (SSSR count). The van der Waals surface area contributed by atoms with Crippen LogP contribution in [0.3, 0.4) is 0 Å². The number of rotatable bonds is 7. The Morgan fingerprint density at radius 1 is 1.45 bits per heavy atom. The van der Waals surface area contributed by atoms with Crippen LogP contribution in [0.2, 0.25) is 0 Å². The number of benzene rings is 1. The molecule has 1 aromatic rings. The zero-order valence-electron chi connectivity index (χ0n) is 13.4. The van der Waals surface area contributed by atoms with Crippen LogP contribution in [-0.2, 0) is 4.79 Å². The number of hydrogen-bond donors (Lipinski definition) is 2. The highest BCUT2D eigenvalue weighted by atomic mass is 35.5. The average Bonchev–Trinajstić information content (AvgIpc) is 2.99. The van der Waals surface area contributed by atoms with Gasteiger partial charge in [-0.1, -0.05) is 25.1 Å². The number of nitrogens with one attached hydrogen (secondary N) is 2. The first-order valence-electron chi connectivity index (χ1n) is 7.91. The molecule has 0 aliphatic carbocycles. The van der Waals surface area contributed by atoms with Crippen LogP contribution >= 0.6 is 12.4 Å². The van der Waals surface area contributed by atoms with E-state index in [-0.39, 0.29) is 18.3 Å². The average molecular weight is 327 g/mol. The van der Waals surface area contributed by atoms with Crippen molar-refractivity contribution < 1.29 is 9.53 Å². The third-order valence-electron chi connectivity index (χ3n) is 4.04. The van der Waals surface area contributed by atoms with Crippen molar-refractivity contribution >= 4 is 18.3 Å². The van der Waals surface area contributed by atoms with Gasteiger partial charge in [0, 0.05) is 6.54 Å². The summed E-state index contributed by atoms with van der Waals surface area (Å²) in [5.74, 6) is 1.48. The van der Waals surface area contributed by atoms with Gasteiger partial charge in [0.2, 0.25) is 0 Å². The minimum Gasteiger partial charge on any atom is -0.480 e. The number of carbonyl (C=O) groups is 1. The summed E-state index contributed by atoms with van der Waals surface area (Å²) in [6.45, 7) is 6.88. The third kappa shape index (κ3) is 5.50. The van der Waals surface area contributed by atoms with E-state index in [0.29, 0.717) is 12.3 Å². The smallest absolute Gasteiger partial charge is 0.261 e. The molecule has 0 spiro atoms. The summed E-state index contributed by atoms with van der Waals surface area (Å²) in [5.41, 5.74) is 1.06. The van der Waals surface area contributed by atoms with Crippen LogP contribution in [0, 0.1) is 12.8 Å². The van der Waals surface area contributed by atoms with Gasteiger partial charge in [-0.25, -0.2) is 0 Å². The van der Waals surface area contributed by atoms with E-state index in [4.69, 9.17) is 4.74 Å². The molecule has 0 aromatic heterocycles. The molecule has 124 valence electrons.